The zero-order chi connectivity index (χ0) is 10.8. The maximum atomic E-state index is 5.94. The van der Waals surface area contributed by atoms with Gasteiger partial charge in [-0.05, 0) is 25.7 Å². The second-order valence-electron chi connectivity index (χ2n) is 4.11. The lowest BCUT2D eigenvalue weighted by molar-refractivity contribution is 0.551. The third-order valence-corrected chi connectivity index (χ3v) is 4.58. The van der Waals surface area contributed by atoms with Crippen LogP contribution < -0.4 is 4.90 Å². The molecule has 0 amide bonds. The van der Waals surface area contributed by atoms with Crippen molar-refractivity contribution >= 4 is 28.1 Å². The van der Waals surface area contributed by atoms with Gasteiger partial charge in [-0.15, -0.1) is 22.9 Å². The molecular weight excluding hydrogens is 228 g/mol. The van der Waals surface area contributed by atoms with Gasteiger partial charge in [0.2, 0.25) is 0 Å². The first-order chi connectivity index (χ1) is 7.26. The lowest BCUT2D eigenvalue weighted by Crippen LogP contribution is -2.30. The molecule has 0 N–H and O–H groups in total. The molecule has 2 rings (SSSR count). The van der Waals surface area contributed by atoms with Crippen LogP contribution in [0.25, 0.3) is 0 Å². The summed E-state index contributed by atoms with van der Waals surface area (Å²) in [5.74, 6) is 1.39. The van der Waals surface area contributed by atoms with E-state index in [0.717, 1.165) is 18.8 Å². The van der Waals surface area contributed by atoms with E-state index in [2.05, 4.69) is 29.1 Å². The number of aromatic nitrogens is 1. The smallest absolute Gasteiger partial charge is 0.185 e. The average Bonchev–Trinajstić information content (AvgIpc) is 2.83. The fourth-order valence-electron chi connectivity index (χ4n) is 2.07. The van der Waals surface area contributed by atoms with E-state index in [-0.39, 0.29) is 0 Å². The largest absolute Gasteiger partial charge is 0.345 e. The molecule has 2 heterocycles. The molecule has 0 bridgehead atoms. The number of alkyl halides is 1. The molecule has 84 valence electrons. The van der Waals surface area contributed by atoms with Crippen molar-refractivity contribution in [2.24, 2.45) is 5.92 Å². The Bertz CT molecular complexity index is 326. The molecule has 1 aromatic heterocycles. The number of hydrogen-bond donors (Lipinski definition) is 0. The quantitative estimate of drug-likeness (QED) is 0.760. The van der Waals surface area contributed by atoms with Gasteiger partial charge in [-0.3, -0.25) is 0 Å². The summed E-state index contributed by atoms with van der Waals surface area (Å²) >= 11 is 7.70. The molecule has 1 aliphatic heterocycles. The summed E-state index contributed by atoms with van der Waals surface area (Å²) in [5, 5.41) is 3.34. The highest BCUT2D eigenvalue weighted by Crippen LogP contribution is 2.32. The SMILES string of the molecule is CCc1csc(N2CCC(CCl)C2C)n1. The van der Waals surface area contributed by atoms with Gasteiger partial charge in [-0.2, -0.15) is 0 Å². The van der Waals surface area contributed by atoms with Crippen LogP contribution in [0.1, 0.15) is 26.0 Å². The van der Waals surface area contributed by atoms with E-state index in [1.165, 1.54) is 17.2 Å². The van der Waals surface area contributed by atoms with Crippen LogP contribution in [0, 0.1) is 5.92 Å². The summed E-state index contributed by atoms with van der Waals surface area (Å²) in [6, 6.07) is 0.540. The first kappa shape index (κ1) is 11.2. The summed E-state index contributed by atoms with van der Waals surface area (Å²) in [5.41, 5.74) is 1.21. The molecule has 0 spiro atoms. The Morgan fingerprint density at radius 3 is 3.00 bits per heavy atom. The van der Waals surface area contributed by atoms with E-state index < -0.39 is 0 Å². The standard InChI is InChI=1S/C11H17ClN2S/c1-3-10-7-15-11(13-10)14-5-4-9(6-12)8(14)2/h7-9H,3-6H2,1-2H3. The molecule has 1 fully saturated rings. The number of rotatable bonds is 3. The number of aryl methyl sites for hydroxylation is 1. The lowest BCUT2D eigenvalue weighted by Gasteiger charge is -2.23. The van der Waals surface area contributed by atoms with Gasteiger partial charge in [0.15, 0.2) is 5.13 Å². The number of anilines is 1. The van der Waals surface area contributed by atoms with E-state index in [9.17, 15) is 0 Å². The minimum Gasteiger partial charge on any atom is -0.345 e. The molecule has 0 radical (unpaired) electrons. The van der Waals surface area contributed by atoms with Crippen LogP contribution in [0.3, 0.4) is 0 Å². The number of hydrogen-bond acceptors (Lipinski definition) is 3. The van der Waals surface area contributed by atoms with Crippen LogP contribution in [0.2, 0.25) is 0 Å². The minimum absolute atomic E-state index is 0.540. The van der Waals surface area contributed by atoms with E-state index >= 15 is 0 Å². The highest BCUT2D eigenvalue weighted by atomic mass is 35.5. The zero-order valence-electron chi connectivity index (χ0n) is 9.24. The third-order valence-electron chi connectivity index (χ3n) is 3.26. The van der Waals surface area contributed by atoms with E-state index in [1.807, 2.05) is 0 Å². The Morgan fingerprint density at radius 2 is 2.47 bits per heavy atom. The molecule has 1 aliphatic rings. The van der Waals surface area contributed by atoms with Gasteiger partial charge in [0.05, 0.1) is 5.69 Å². The first-order valence-corrected chi connectivity index (χ1v) is 6.94. The summed E-state index contributed by atoms with van der Waals surface area (Å²) in [7, 11) is 0. The monoisotopic (exact) mass is 244 g/mol. The van der Waals surface area contributed by atoms with Crippen molar-refractivity contribution in [1.29, 1.82) is 0 Å². The molecule has 1 aromatic rings. The fourth-order valence-corrected chi connectivity index (χ4v) is 3.51. The van der Waals surface area contributed by atoms with Gasteiger partial charge in [-0.25, -0.2) is 4.98 Å². The summed E-state index contributed by atoms with van der Waals surface area (Å²) < 4.78 is 0. The fraction of sp³-hybridized carbons (Fsp3) is 0.727. The highest BCUT2D eigenvalue weighted by Gasteiger charge is 2.31. The second-order valence-corrected chi connectivity index (χ2v) is 5.26. The van der Waals surface area contributed by atoms with Crippen molar-refractivity contribution in [3.05, 3.63) is 11.1 Å². The predicted molar refractivity (Wildman–Crippen MR) is 67.1 cm³/mol. The molecule has 2 atom stereocenters. The van der Waals surface area contributed by atoms with E-state index in [1.54, 1.807) is 11.3 Å². The van der Waals surface area contributed by atoms with Gasteiger partial charge >= 0.3 is 0 Å². The normalized spacial score (nSPS) is 26.2. The van der Waals surface area contributed by atoms with Crippen molar-refractivity contribution in [3.63, 3.8) is 0 Å². The molecule has 0 aliphatic carbocycles. The molecular formula is C11H17ClN2S. The molecule has 2 nitrogen and oxygen atoms in total. The Balaban J connectivity index is 2.11. The summed E-state index contributed by atoms with van der Waals surface area (Å²) in [4.78, 5) is 7.03. The Labute approximate surface area is 100 Å². The molecule has 2 unspecified atom stereocenters. The third kappa shape index (κ3) is 2.13. The Kier molecular flexibility index (Phi) is 3.52. The summed E-state index contributed by atoms with van der Waals surface area (Å²) in [6.45, 7) is 5.51. The van der Waals surface area contributed by atoms with Crippen LogP contribution >= 0.6 is 22.9 Å². The Hall–Kier alpha value is -0.280. The van der Waals surface area contributed by atoms with Crippen molar-refractivity contribution in [2.45, 2.75) is 32.7 Å². The van der Waals surface area contributed by atoms with E-state index in [4.69, 9.17) is 11.6 Å². The topological polar surface area (TPSA) is 16.1 Å². The maximum absolute atomic E-state index is 5.94. The van der Waals surface area contributed by atoms with Gasteiger partial charge in [0, 0.05) is 23.8 Å². The predicted octanol–water partition coefficient (Wildman–Crippen LogP) is 3.16. The van der Waals surface area contributed by atoms with Gasteiger partial charge in [0.25, 0.3) is 0 Å². The molecule has 15 heavy (non-hydrogen) atoms. The number of halogens is 1. The van der Waals surface area contributed by atoms with Gasteiger partial charge in [0.1, 0.15) is 0 Å². The molecule has 0 aromatic carbocycles. The van der Waals surface area contributed by atoms with Crippen LogP contribution in [0.4, 0.5) is 5.13 Å². The lowest BCUT2D eigenvalue weighted by atomic mass is 10.1. The van der Waals surface area contributed by atoms with Gasteiger partial charge < -0.3 is 4.90 Å². The number of nitrogens with zero attached hydrogens (tertiary/aromatic N) is 2. The number of thiazole rings is 1. The van der Waals surface area contributed by atoms with Crippen LogP contribution in [0.5, 0.6) is 0 Å². The van der Waals surface area contributed by atoms with Crippen LogP contribution in [-0.2, 0) is 6.42 Å². The highest BCUT2D eigenvalue weighted by molar-refractivity contribution is 7.13. The average molecular weight is 245 g/mol. The minimum atomic E-state index is 0.540. The van der Waals surface area contributed by atoms with Crippen LogP contribution in [-0.4, -0.2) is 23.5 Å². The Morgan fingerprint density at radius 1 is 1.67 bits per heavy atom. The zero-order valence-corrected chi connectivity index (χ0v) is 10.8. The molecule has 4 heteroatoms. The molecule has 1 saturated heterocycles. The van der Waals surface area contributed by atoms with Crippen molar-refractivity contribution in [1.82, 2.24) is 4.98 Å². The first-order valence-electron chi connectivity index (χ1n) is 5.53. The van der Waals surface area contributed by atoms with Crippen molar-refractivity contribution < 1.29 is 0 Å². The van der Waals surface area contributed by atoms with E-state index in [0.29, 0.717) is 12.0 Å². The molecule has 0 saturated carbocycles. The van der Waals surface area contributed by atoms with Gasteiger partial charge in [-0.1, -0.05) is 6.92 Å². The van der Waals surface area contributed by atoms with Crippen molar-refractivity contribution in [3.8, 4) is 0 Å². The van der Waals surface area contributed by atoms with Crippen LogP contribution in [0.15, 0.2) is 5.38 Å². The maximum Gasteiger partial charge on any atom is 0.185 e. The summed E-state index contributed by atoms with van der Waals surface area (Å²) in [6.07, 6.45) is 2.23. The second kappa shape index (κ2) is 4.71. The van der Waals surface area contributed by atoms with Crippen molar-refractivity contribution in [2.75, 3.05) is 17.3 Å².